The molecule has 2 N–H and O–H groups in total. The molecule has 0 unspecified atom stereocenters. The molecule has 6 heteroatoms. The number of nitrogens with one attached hydrogen (secondary N) is 2. The summed E-state index contributed by atoms with van der Waals surface area (Å²) in [6.45, 7) is 4.77. The SMILES string of the molecule is Cc1cccc(CNC(=O)c2cnc(Nc3ccc(N4CCCC4)cc3)nc2)c1. The fraction of sp³-hybridized carbons (Fsp3) is 0.261. The smallest absolute Gasteiger partial charge is 0.254 e. The topological polar surface area (TPSA) is 70.2 Å². The minimum atomic E-state index is -0.187. The third-order valence-corrected chi connectivity index (χ3v) is 5.04. The van der Waals surface area contributed by atoms with Crippen LogP contribution in [0.1, 0.15) is 34.3 Å². The van der Waals surface area contributed by atoms with Gasteiger partial charge in [0, 0.05) is 43.4 Å². The number of hydrogen-bond acceptors (Lipinski definition) is 5. The fourth-order valence-corrected chi connectivity index (χ4v) is 3.48. The molecule has 6 nitrogen and oxygen atoms in total. The van der Waals surface area contributed by atoms with Gasteiger partial charge in [0.05, 0.1) is 5.56 Å². The summed E-state index contributed by atoms with van der Waals surface area (Å²) in [5, 5.41) is 6.08. The normalized spacial score (nSPS) is 13.3. The maximum Gasteiger partial charge on any atom is 0.254 e. The summed E-state index contributed by atoms with van der Waals surface area (Å²) >= 11 is 0. The summed E-state index contributed by atoms with van der Waals surface area (Å²) in [5.74, 6) is 0.280. The molecule has 29 heavy (non-hydrogen) atoms. The lowest BCUT2D eigenvalue weighted by molar-refractivity contribution is 0.0950. The van der Waals surface area contributed by atoms with Crippen LogP contribution in [0.2, 0.25) is 0 Å². The molecule has 0 aliphatic carbocycles. The van der Waals surface area contributed by atoms with Crippen LogP contribution < -0.4 is 15.5 Å². The van der Waals surface area contributed by atoms with Gasteiger partial charge in [-0.05, 0) is 49.6 Å². The van der Waals surface area contributed by atoms with Gasteiger partial charge < -0.3 is 15.5 Å². The van der Waals surface area contributed by atoms with E-state index in [-0.39, 0.29) is 5.91 Å². The van der Waals surface area contributed by atoms with E-state index in [0.717, 1.165) is 24.3 Å². The number of benzene rings is 2. The van der Waals surface area contributed by atoms with Gasteiger partial charge in [0.15, 0.2) is 0 Å². The van der Waals surface area contributed by atoms with Gasteiger partial charge in [-0.3, -0.25) is 4.79 Å². The lowest BCUT2D eigenvalue weighted by atomic mass is 10.1. The molecule has 1 aromatic heterocycles. The second-order valence-electron chi connectivity index (χ2n) is 7.33. The molecular weight excluding hydrogens is 362 g/mol. The number of aromatic nitrogens is 2. The van der Waals surface area contributed by atoms with Crippen molar-refractivity contribution in [3.8, 4) is 0 Å². The average molecular weight is 387 g/mol. The first-order chi connectivity index (χ1) is 14.2. The second-order valence-corrected chi connectivity index (χ2v) is 7.33. The van der Waals surface area contributed by atoms with E-state index in [1.54, 1.807) is 12.4 Å². The van der Waals surface area contributed by atoms with E-state index in [9.17, 15) is 4.79 Å². The molecule has 148 valence electrons. The molecule has 4 rings (SSSR count). The van der Waals surface area contributed by atoms with E-state index in [1.165, 1.54) is 24.1 Å². The second kappa shape index (κ2) is 8.73. The van der Waals surface area contributed by atoms with Gasteiger partial charge in [0.25, 0.3) is 5.91 Å². The molecule has 0 bridgehead atoms. The van der Waals surface area contributed by atoms with E-state index in [4.69, 9.17) is 0 Å². The highest BCUT2D eigenvalue weighted by Gasteiger charge is 2.12. The van der Waals surface area contributed by atoms with Crippen molar-refractivity contribution in [2.45, 2.75) is 26.3 Å². The van der Waals surface area contributed by atoms with Crippen molar-refractivity contribution in [2.24, 2.45) is 0 Å². The van der Waals surface area contributed by atoms with Crippen LogP contribution in [0.5, 0.6) is 0 Å². The van der Waals surface area contributed by atoms with E-state index in [2.05, 4.69) is 43.7 Å². The number of carbonyl (C=O) groups is 1. The summed E-state index contributed by atoms with van der Waals surface area (Å²) in [6.07, 6.45) is 5.61. The molecule has 1 amide bonds. The van der Waals surface area contributed by atoms with Gasteiger partial charge in [-0.25, -0.2) is 9.97 Å². The number of nitrogens with zero attached hydrogens (tertiary/aromatic N) is 3. The summed E-state index contributed by atoms with van der Waals surface area (Å²) in [5.41, 5.74) is 4.84. The first-order valence-electron chi connectivity index (χ1n) is 9.95. The molecule has 1 aliphatic rings. The third kappa shape index (κ3) is 4.90. The van der Waals surface area contributed by atoms with Crippen LogP contribution >= 0.6 is 0 Å². The van der Waals surface area contributed by atoms with E-state index in [1.807, 2.05) is 37.3 Å². The van der Waals surface area contributed by atoms with Crippen LogP contribution in [0, 0.1) is 6.92 Å². The van der Waals surface area contributed by atoms with Gasteiger partial charge in [-0.2, -0.15) is 0 Å². The Bertz CT molecular complexity index is 963. The van der Waals surface area contributed by atoms with Crippen molar-refractivity contribution >= 4 is 23.2 Å². The fourth-order valence-electron chi connectivity index (χ4n) is 3.48. The molecule has 0 saturated carbocycles. The van der Waals surface area contributed by atoms with Crippen LogP contribution in [-0.2, 0) is 6.54 Å². The Morgan fingerprint density at radius 2 is 1.76 bits per heavy atom. The molecule has 2 heterocycles. The molecule has 2 aromatic carbocycles. The maximum absolute atomic E-state index is 12.3. The van der Waals surface area contributed by atoms with Crippen LogP contribution in [-0.4, -0.2) is 29.0 Å². The molecule has 0 radical (unpaired) electrons. The standard InChI is InChI=1S/C23H25N5O/c1-17-5-4-6-18(13-17)14-24-22(29)19-15-25-23(26-16-19)27-20-7-9-21(10-8-20)28-11-2-3-12-28/h4-10,13,15-16H,2-3,11-12,14H2,1H3,(H,24,29)(H,25,26,27). The zero-order valence-corrected chi connectivity index (χ0v) is 16.6. The van der Waals surface area contributed by atoms with Crippen LogP contribution in [0.15, 0.2) is 60.9 Å². The van der Waals surface area contributed by atoms with Crippen LogP contribution in [0.25, 0.3) is 0 Å². The first kappa shape index (κ1) is 18.9. The van der Waals surface area contributed by atoms with E-state index in [0.29, 0.717) is 18.1 Å². The van der Waals surface area contributed by atoms with Gasteiger partial charge in [0.2, 0.25) is 5.95 Å². The average Bonchev–Trinajstić information content (AvgIpc) is 3.28. The quantitative estimate of drug-likeness (QED) is 0.667. The Kier molecular flexibility index (Phi) is 5.70. The Labute approximate surface area is 171 Å². The van der Waals surface area contributed by atoms with Crippen LogP contribution in [0.3, 0.4) is 0 Å². The highest BCUT2D eigenvalue weighted by atomic mass is 16.1. The molecule has 1 fully saturated rings. The minimum absolute atomic E-state index is 0.187. The Hall–Kier alpha value is -3.41. The Morgan fingerprint density at radius 1 is 1.03 bits per heavy atom. The van der Waals surface area contributed by atoms with Gasteiger partial charge >= 0.3 is 0 Å². The van der Waals surface area contributed by atoms with Gasteiger partial charge in [0.1, 0.15) is 0 Å². The summed E-state index contributed by atoms with van der Waals surface area (Å²) < 4.78 is 0. The van der Waals surface area contributed by atoms with Crippen molar-refractivity contribution in [2.75, 3.05) is 23.3 Å². The zero-order chi connectivity index (χ0) is 20.1. The summed E-state index contributed by atoms with van der Waals surface area (Å²) in [4.78, 5) is 23.3. The summed E-state index contributed by atoms with van der Waals surface area (Å²) in [7, 11) is 0. The minimum Gasteiger partial charge on any atom is -0.372 e. The number of rotatable bonds is 6. The molecule has 0 spiro atoms. The molecule has 3 aromatic rings. The largest absolute Gasteiger partial charge is 0.372 e. The molecule has 0 atom stereocenters. The lowest BCUT2D eigenvalue weighted by Crippen LogP contribution is -2.23. The number of aryl methyl sites for hydroxylation is 1. The number of hydrogen-bond donors (Lipinski definition) is 2. The predicted molar refractivity (Wildman–Crippen MR) is 116 cm³/mol. The molecular formula is C23H25N5O. The Balaban J connectivity index is 1.33. The molecule has 1 saturated heterocycles. The van der Waals surface area contributed by atoms with Crippen molar-refractivity contribution in [3.63, 3.8) is 0 Å². The van der Waals surface area contributed by atoms with Gasteiger partial charge in [-0.15, -0.1) is 0 Å². The van der Waals surface area contributed by atoms with Crippen molar-refractivity contribution in [1.82, 2.24) is 15.3 Å². The van der Waals surface area contributed by atoms with E-state index >= 15 is 0 Å². The first-order valence-corrected chi connectivity index (χ1v) is 9.95. The van der Waals surface area contributed by atoms with Crippen molar-refractivity contribution in [3.05, 3.63) is 77.6 Å². The number of carbonyl (C=O) groups excluding carboxylic acids is 1. The monoisotopic (exact) mass is 387 g/mol. The van der Waals surface area contributed by atoms with Crippen molar-refractivity contribution < 1.29 is 4.79 Å². The summed E-state index contributed by atoms with van der Waals surface area (Å²) in [6, 6.07) is 16.3. The van der Waals surface area contributed by atoms with E-state index < -0.39 is 0 Å². The third-order valence-electron chi connectivity index (χ3n) is 5.04. The number of anilines is 3. The molecule has 1 aliphatic heterocycles. The zero-order valence-electron chi connectivity index (χ0n) is 16.6. The van der Waals surface area contributed by atoms with Crippen molar-refractivity contribution in [1.29, 1.82) is 0 Å². The Morgan fingerprint density at radius 3 is 2.45 bits per heavy atom. The highest BCUT2D eigenvalue weighted by Crippen LogP contribution is 2.23. The maximum atomic E-state index is 12.3. The predicted octanol–water partition coefficient (Wildman–Crippen LogP) is 4.06. The number of amides is 1. The lowest BCUT2D eigenvalue weighted by Gasteiger charge is -2.17. The van der Waals surface area contributed by atoms with Crippen LogP contribution in [0.4, 0.5) is 17.3 Å². The highest BCUT2D eigenvalue weighted by molar-refractivity contribution is 5.93. The van der Waals surface area contributed by atoms with Gasteiger partial charge in [-0.1, -0.05) is 29.8 Å².